The van der Waals surface area contributed by atoms with Gasteiger partial charge in [-0.3, -0.25) is 4.68 Å². The van der Waals surface area contributed by atoms with Gasteiger partial charge in [0.05, 0.1) is 5.69 Å². The van der Waals surface area contributed by atoms with E-state index in [0.717, 1.165) is 11.3 Å². The van der Waals surface area contributed by atoms with Crippen LogP contribution in [0.5, 0.6) is 0 Å². The van der Waals surface area contributed by atoms with E-state index < -0.39 is 0 Å². The Bertz CT molecular complexity index is 492. The van der Waals surface area contributed by atoms with Crippen LogP contribution in [0.1, 0.15) is 11.3 Å². The maximum absolute atomic E-state index is 6.18. The zero-order chi connectivity index (χ0) is 13.0. The van der Waals surface area contributed by atoms with Gasteiger partial charge in [0, 0.05) is 36.8 Å². The fraction of sp³-hybridized carbons (Fsp3) is 0.385. The van der Waals surface area contributed by atoms with Crippen LogP contribution in [0.4, 0.5) is 0 Å². The number of nitrogens with zero attached hydrogens (tertiary/aromatic N) is 3. The van der Waals surface area contributed by atoms with Gasteiger partial charge < -0.3 is 0 Å². The zero-order valence-corrected chi connectivity index (χ0v) is 11.7. The molecule has 0 amide bonds. The average Bonchev–Trinajstić information content (AvgIpc) is 2.82. The van der Waals surface area contributed by atoms with Crippen LogP contribution in [0.15, 0.2) is 36.5 Å². The van der Waals surface area contributed by atoms with E-state index in [1.807, 2.05) is 31.4 Å². The predicted molar refractivity (Wildman–Crippen MR) is 74.3 cm³/mol. The third-order valence-electron chi connectivity index (χ3n) is 3.07. The van der Waals surface area contributed by atoms with Crippen LogP contribution >= 0.6 is 23.2 Å². The van der Waals surface area contributed by atoms with E-state index in [4.69, 9.17) is 23.2 Å². The second-order valence-electron chi connectivity index (χ2n) is 4.47. The molecule has 3 nitrogen and oxygen atoms in total. The van der Waals surface area contributed by atoms with Gasteiger partial charge in [0.25, 0.3) is 0 Å². The molecule has 0 unspecified atom stereocenters. The summed E-state index contributed by atoms with van der Waals surface area (Å²) in [4.78, 5) is 0. The number of halogens is 2. The van der Waals surface area contributed by atoms with Crippen LogP contribution in [0.2, 0.25) is 0 Å². The van der Waals surface area contributed by atoms with Crippen molar-refractivity contribution in [1.82, 2.24) is 15.0 Å². The minimum Gasteiger partial charge on any atom is -0.255 e. The molecule has 1 aromatic heterocycles. The first-order valence-electron chi connectivity index (χ1n) is 5.73. The number of hydrogen-bond acceptors (Lipinski definition) is 2. The molecule has 0 saturated carbocycles. The van der Waals surface area contributed by atoms with Crippen LogP contribution in [0.3, 0.4) is 0 Å². The molecule has 1 heterocycles. The number of benzene rings is 1. The summed E-state index contributed by atoms with van der Waals surface area (Å²) in [5.74, 6) is 0.911. The molecule has 0 aliphatic heterocycles. The highest BCUT2D eigenvalue weighted by Crippen LogP contribution is 2.30. The van der Waals surface area contributed by atoms with Gasteiger partial charge in [-0.25, -0.2) is 0 Å². The Kier molecular flexibility index (Phi) is 4.25. The summed E-state index contributed by atoms with van der Waals surface area (Å²) in [5.41, 5.74) is 1.75. The molecular formula is C13H15Cl2N3. The maximum Gasteiger partial charge on any atom is 0.0836 e. The monoisotopic (exact) mass is 283 g/mol. The molecule has 2 aromatic rings. The maximum atomic E-state index is 6.18. The quantitative estimate of drug-likeness (QED) is 0.790. The highest BCUT2D eigenvalue weighted by Gasteiger charge is 2.31. The molecule has 0 atom stereocenters. The van der Waals surface area contributed by atoms with Crippen LogP contribution in [0, 0.1) is 0 Å². The molecule has 18 heavy (non-hydrogen) atoms. The molecule has 0 aliphatic rings. The zero-order valence-electron chi connectivity index (χ0n) is 10.2. The Morgan fingerprint density at radius 1 is 1.17 bits per heavy atom. The highest BCUT2D eigenvalue weighted by atomic mass is 35.5. The first-order valence-corrected chi connectivity index (χ1v) is 6.80. The lowest BCUT2D eigenvalue weighted by Gasteiger charge is -2.29. The first-order chi connectivity index (χ1) is 8.70. The van der Waals surface area contributed by atoms with E-state index in [-0.39, 0.29) is 5.41 Å². The summed E-state index contributed by atoms with van der Waals surface area (Å²) in [6.45, 7) is 0. The molecule has 0 bridgehead atoms. The SMILES string of the molecule is Cn1cc(CC(CCl)(CCl)c2ccccc2)nn1. The summed E-state index contributed by atoms with van der Waals surface area (Å²) in [5, 5.41) is 8.06. The number of aromatic nitrogens is 3. The Labute approximate surface area is 117 Å². The molecule has 0 spiro atoms. The van der Waals surface area contributed by atoms with E-state index in [2.05, 4.69) is 22.4 Å². The largest absolute Gasteiger partial charge is 0.255 e. The van der Waals surface area contributed by atoms with E-state index in [1.165, 1.54) is 0 Å². The van der Waals surface area contributed by atoms with Crippen molar-refractivity contribution in [1.29, 1.82) is 0 Å². The summed E-state index contributed by atoms with van der Waals surface area (Å²) in [6, 6.07) is 10.1. The van der Waals surface area contributed by atoms with E-state index in [9.17, 15) is 0 Å². The van der Waals surface area contributed by atoms with Gasteiger partial charge in [0.2, 0.25) is 0 Å². The van der Waals surface area contributed by atoms with Crippen molar-refractivity contribution >= 4 is 23.2 Å². The lowest BCUT2D eigenvalue weighted by molar-refractivity contribution is 0.528. The van der Waals surface area contributed by atoms with Gasteiger partial charge in [-0.05, 0) is 5.56 Å². The van der Waals surface area contributed by atoms with Crippen molar-refractivity contribution < 1.29 is 0 Å². The second-order valence-corrected chi connectivity index (χ2v) is 5.01. The minimum atomic E-state index is -0.291. The summed E-state index contributed by atoms with van der Waals surface area (Å²) in [6.07, 6.45) is 2.59. The number of rotatable bonds is 5. The lowest BCUT2D eigenvalue weighted by Crippen LogP contribution is -2.33. The molecule has 5 heteroatoms. The van der Waals surface area contributed by atoms with Crippen LogP contribution in [-0.2, 0) is 18.9 Å². The van der Waals surface area contributed by atoms with Crippen LogP contribution in [-0.4, -0.2) is 26.8 Å². The smallest absolute Gasteiger partial charge is 0.0836 e. The standard InChI is InChI=1S/C13H15Cl2N3/c1-18-8-12(16-17-18)7-13(9-14,10-15)11-5-3-2-4-6-11/h2-6,8H,7,9-10H2,1H3. The minimum absolute atomic E-state index is 0.291. The summed E-state index contributed by atoms with van der Waals surface area (Å²) < 4.78 is 1.69. The van der Waals surface area contributed by atoms with E-state index in [1.54, 1.807) is 4.68 Å². The molecule has 2 rings (SSSR count). The predicted octanol–water partition coefficient (Wildman–Crippen LogP) is 2.77. The number of hydrogen-bond donors (Lipinski definition) is 0. The molecule has 0 radical (unpaired) electrons. The molecule has 1 aromatic carbocycles. The topological polar surface area (TPSA) is 30.7 Å². The third-order valence-corrected chi connectivity index (χ3v) is 4.09. The second kappa shape index (κ2) is 5.72. The van der Waals surface area contributed by atoms with Crippen molar-refractivity contribution in [2.24, 2.45) is 7.05 Å². The number of alkyl halides is 2. The third kappa shape index (κ3) is 2.68. The van der Waals surface area contributed by atoms with Crippen molar-refractivity contribution in [3.05, 3.63) is 47.8 Å². The highest BCUT2D eigenvalue weighted by molar-refractivity contribution is 6.22. The molecule has 0 saturated heterocycles. The molecular weight excluding hydrogens is 269 g/mol. The van der Waals surface area contributed by atoms with Crippen LogP contribution in [0.25, 0.3) is 0 Å². The fourth-order valence-corrected chi connectivity index (χ4v) is 2.78. The summed E-state index contributed by atoms with van der Waals surface area (Å²) in [7, 11) is 1.85. The Morgan fingerprint density at radius 3 is 2.33 bits per heavy atom. The van der Waals surface area contributed by atoms with Gasteiger partial charge in [-0.15, -0.1) is 28.3 Å². The van der Waals surface area contributed by atoms with E-state index in [0.29, 0.717) is 18.2 Å². The molecule has 96 valence electrons. The van der Waals surface area contributed by atoms with Crippen molar-refractivity contribution in [3.8, 4) is 0 Å². The van der Waals surface area contributed by atoms with Crippen molar-refractivity contribution in [3.63, 3.8) is 0 Å². The van der Waals surface area contributed by atoms with Gasteiger partial charge in [0.15, 0.2) is 0 Å². The van der Waals surface area contributed by atoms with Crippen LogP contribution < -0.4 is 0 Å². The normalized spacial score (nSPS) is 11.7. The summed E-state index contributed by atoms with van der Waals surface area (Å²) >= 11 is 12.4. The Morgan fingerprint density at radius 2 is 1.83 bits per heavy atom. The Balaban J connectivity index is 2.32. The van der Waals surface area contributed by atoms with Crippen molar-refractivity contribution in [2.75, 3.05) is 11.8 Å². The fourth-order valence-electron chi connectivity index (χ4n) is 2.00. The van der Waals surface area contributed by atoms with Gasteiger partial charge in [0.1, 0.15) is 0 Å². The van der Waals surface area contributed by atoms with Gasteiger partial charge >= 0.3 is 0 Å². The molecule has 0 fully saturated rings. The first kappa shape index (κ1) is 13.4. The van der Waals surface area contributed by atoms with Gasteiger partial charge in [-0.2, -0.15) is 0 Å². The lowest BCUT2D eigenvalue weighted by atomic mass is 9.80. The Hall–Kier alpha value is -1.06. The molecule has 0 aliphatic carbocycles. The molecule has 0 N–H and O–H groups in total. The number of aryl methyl sites for hydroxylation is 1. The van der Waals surface area contributed by atoms with Gasteiger partial charge in [-0.1, -0.05) is 35.5 Å². The average molecular weight is 284 g/mol. The van der Waals surface area contributed by atoms with Crippen molar-refractivity contribution in [2.45, 2.75) is 11.8 Å². The van der Waals surface area contributed by atoms with E-state index >= 15 is 0 Å².